The minimum Gasteiger partial charge on any atom is -0.341 e. The van der Waals surface area contributed by atoms with Gasteiger partial charge in [-0.2, -0.15) is 0 Å². The van der Waals surface area contributed by atoms with Crippen molar-refractivity contribution in [1.82, 2.24) is 4.90 Å². The molecule has 2 heterocycles. The average molecular weight is 352 g/mol. The van der Waals surface area contributed by atoms with Crippen LogP contribution in [-0.2, 0) is 19.6 Å². The lowest BCUT2D eigenvalue weighted by Gasteiger charge is -2.21. The van der Waals surface area contributed by atoms with Crippen LogP contribution in [0.25, 0.3) is 0 Å². The molecule has 2 aliphatic rings. The molecule has 0 unspecified atom stereocenters. The minimum absolute atomic E-state index is 0.00593. The van der Waals surface area contributed by atoms with Gasteiger partial charge in [0.05, 0.1) is 10.8 Å². The van der Waals surface area contributed by atoms with E-state index in [-0.39, 0.29) is 35.7 Å². The molecule has 2 amide bonds. The maximum absolute atomic E-state index is 12.5. The lowest BCUT2D eigenvalue weighted by Crippen LogP contribution is -2.37. The maximum atomic E-state index is 12.5. The van der Waals surface area contributed by atoms with Gasteiger partial charge in [-0.1, -0.05) is 6.07 Å². The highest BCUT2D eigenvalue weighted by atomic mass is 32.2. The number of benzene rings is 1. The Bertz CT molecular complexity index is 779. The van der Waals surface area contributed by atoms with E-state index in [0.29, 0.717) is 18.8 Å². The Morgan fingerprint density at radius 3 is 2.62 bits per heavy atom. The van der Waals surface area contributed by atoms with Crippen LogP contribution >= 0.6 is 0 Å². The Labute approximate surface area is 140 Å². The SMILES string of the molecule is N[C@@H]1CCN(C(=O)[C@H]2CC(=O)N(c3cccc(S(N)(=O)=O)c3)C2)C1. The summed E-state index contributed by atoms with van der Waals surface area (Å²) >= 11 is 0. The van der Waals surface area contributed by atoms with Crippen LogP contribution in [-0.4, -0.2) is 50.8 Å². The third-order valence-electron chi connectivity index (χ3n) is 4.47. The number of rotatable bonds is 3. The van der Waals surface area contributed by atoms with Gasteiger partial charge in [0.2, 0.25) is 21.8 Å². The highest BCUT2D eigenvalue weighted by Crippen LogP contribution is 2.28. The number of hydrogen-bond acceptors (Lipinski definition) is 5. The number of likely N-dealkylation sites (tertiary alicyclic amines) is 1. The van der Waals surface area contributed by atoms with Gasteiger partial charge in [0.15, 0.2) is 0 Å². The van der Waals surface area contributed by atoms with E-state index in [1.54, 1.807) is 11.0 Å². The summed E-state index contributed by atoms with van der Waals surface area (Å²) in [6.07, 6.45) is 0.886. The van der Waals surface area contributed by atoms with Crippen molar-refractivity contribution in [3.63, 3.8) is 0 Å². The molecule has 24 heavy (non-hydrogen) atoms. The molecule has 0 bridgehead atoms. The van der Waals surface area contributed by atoms with Crippen LogP contribution in [0.1, 0.15) is 12.8 Å². The molecule has 9 heteroatoms. The molecule has 0 spiro atoms. The van der Waals surface area contributed by atoms with Crippen molar-refractivity contribution >= 4 is 27.5 Å². The van der Waals surface area contributed by atoms with Gasteiger partial charge >= 0.3 is 0 Å². The third-order valence-corrected chi connectivity index (χ3v) is 5.38. The van der Waals surface area contributed by atoms with Crippen molar-refractivity contribution in [2.75, 3.05) is 24.5 Å². The van der Waals surface area contributed by atoms with E-state index in [4.69, 9.17) is 10.9 Å². The lowest BCUT2D eigenvalue weighted by atomic mass is 10.1. The lowest BCUT2D eigenvalue weighted by molar-refractivity contribution is -0.134. The van der Waals surface area contributed by atoms with Gasteiger partial charge in [0.1, 0.15) is 0 Å². The summed E-state index contributed by atoms with van der Waals surface area (Å²) < 4.78 is 22.9. The fourth-order valence-corrected chi connectivity index (χ4v) is 3.75. The van der Waals surface area contributed by atoms with Gasteiger partial charge in [-0.3, -0.25) is 9.59 Å². The second-order valence-electron chi connectivity index (χ2n) is 6.28. The van der Waals surface area contributed by atoms with Gasteiger partial charge in [-0.05, 0) is 24.6 Å². The first kappa shape index (κ1) is 16.9. The standard InChI is InChI=1S/C15H20N4O4S/c16-11-4-5-18(9-11)15(21)10-6-14(20)19(8-10)12-2-1-3-13(7-12)24(17,22)23/h1-3,7,10-11H,4-6,8-9,16H2,(H2,17,22,23)/t10-,11+/m0/s1. The summed E-state index contributed by atoms with van der Waals surface area (Å²) in [5.41, 5.74) is 6.26. The van der Waals surface area contributed by atoms with Crippen molar-refractivity contribution < 1.29 is 18.0 Å². The highest BCUT2D eigenvalue weighted by molar-refractivity contribution is 7.89. The fourth-order valence-electron chi connectivity index (χ4n) is 3.20. The smallest absolute Gasteiger partial charge is 0.238 e. The van der Waals surface area contributed by atoms with E-state index in [1.165, 1.54) is 23.1 Å². The van der Waals surface area contributed by atoms with Crippen LogP contribution in [0.5, 0.6) is 0 Å². The fraction of sp³-hybridized carbons (Fsp3) is 0.467. The van der Waals surface area contributed by atoms with Crippen molar-refractivity contribution in [2.45, 2.75) is 23.8 Å². The summed E-state index contributed by atoms with van der Waals surface area (Å²) in [5, 5.41) is 5.13. The molecule has 130 valence electrons. The molecule has 0 radical (unpaired) electrons. The first-order chi connectivity index (χ1) is 11.3. The molecular weight excluding hydrogens is 332 g/mol. The molecule has 0 aliphatic carbocycles. The van der Waals surface area contributed by atoms with Gasteiger partial charge in [0.25, 0.3) is 0 Å². The zero-order valence-corrected chi connectivity index (χ0v) is 13.9. The molecule has 2 saturated heterocycles. The molecule has 4 N–H and O–H groups in total. The van der Waals surface area contributed by atoms with Crippen LogP contribution in [0, 0.1) is 5.92 Å². The second-order valence-corrected chi connectivity index (χ2v) is 7.84. The van der Waals surface area contributed by atoms with Crippen LogP contribution in [0.2, 0.25) is 0 Å². The predicted octanol–water partition coefficient (Wildman–Crippen LogP) is -0.753. The number of hydrogen-bond donors (Lipinski definition) is 2. The Hall–Kier alpha value is -1.97. The normalized spacial score (nSPS) is 24.7. The first-order valence-corrected chi connectivity index (χ1v) is 9.28. The van der Waals surface area contributed by atoms with E-state index in [1.807, 2.05) is 0 Å². The van der Waals surface area contributed by atoms with Crippen molar-refractivity contribution in [3.8, 4) is 0 Å². The van der Waals surface area contributed by atoms with Crippen LogP contribution in [0.4, 0.5) is 5.69 Å². The number of carbonyl (C=O) groups excluding carboxylic acids is 2. The Morgan fingerprint density at radius 2 is 2.00 bits per heavy atom. The predicted molar refractivity (Wildman–Crippen MR) is 87.4 cm³/mol. The van der Waals surface area contributed by atoms with E-state index >= 15 is 0 Å². The number of primary sulfonamides is 1. The molecule has 0 saturated carbocycles. The van der Waals surface area contributed by atoms with Crippen LogP contribution in [0.3, 0.4) is 0 Å². The number of nitrogens with zero attached hydrogens (tertiary/aromatic N) is 2. The first-order valence-electron chi connectivity index (χ1n) is 7.73. The number of anilines is 1. The van der Waals surface area contributed by atoms with Gasteiger partial charge < -0.3 is 15.5 Å². The summed E-state index contributed by atoms with van der Waals surface area (Å²) in [4.78, 5) is 27.9. The molecule has 3 rings (SSSR count). The average Bonchev–Trinajstić information content (AvgIpc) is 3.12. The Morgan fingerprint density at radius 1 is 1.25 bits per heavy atom. The van der Waals surface area contributed by atoms with E-state index in [0.717, 1.165) is 6.42 Å². The number of amides is 2. The zero-order valence-electron chi connectivity index (χ0n) is 13.1. The summed E-state index contributed by atoms with van der Waals surface area (Å²) in [6, 6.07) is 5.87. The summed E-state index contributed by atoms with van der Waals surface area (Å²) in [5.74, 6) is -0.703. The number of carbonyl (C=O) groups is 2. The molecular formula is C15H20N4O4S. The summed E-state index contributed by atoms with van der Waals surface area (Å²) in [6.45, 7) is 1.37. The molecule has 2 fully saturated rings. The van der Waals surface area contributed by atoms with E-state index in [9.17, 15) is 18.0 Å². The maximum Gasteiger partial charge on any atom is 0.238 e. The zero-order chi connectivity index (χ0) is 17.5. The van der Waals surface area contributed by atoms with Gasteiger partial charge in [-0.25, -0.2) is 13.6 Å². The summed E-state index contributed by atoms with van der Waals surface area (Å²) in [7, 11) is -3.85. The van der Waals surface area contributed by atoms with Crippen LogP contribution in [0.15, 0.2) is 29.2 Å². The van der Waals surface area contributed by atoms with Crippen LogP contribution < -0.4 is 15.8 Å². The second kappa shape index (κ2) is 6.15. The molecule has 0 aromatic heterocycles. The quantitative estimate of drug-likeness (QED) is 0.740. The molecule has 1 aromatic rings. The Kier molecular flexibility index (Phi) is 4.33. The van der Waals surface area contributed by atoms with Gasteiger partial charge in [0, 0.05) is 37.8 Å². The topological polar surface area (TPSA) is 127 Å². The van der Waals surface area contributed by atoms with E-state index in [2.05, 4.69) is 0 Å². The Balaban J connectivity index is 1.77. The van der Waals surface area contributed by atoms with E-state index < -0.39 is 15.9 Å². The largest absolute Gasteiger partial charge is 0.341 e. The number of nitrogens with two attached hydrogens (primary N) is 2. The van der Waals surface area contributed by atoms with Crippen molar-refractivity contribution in [1.29, 1.82) is 0 Å². The van der Waals surface area contributed by atoms with Gasteiger partial charge in [-0.15, -0.1) is 0 Å². The highest BCUT2D eigenvalue weighted by Gasteiger charge is 2.38. The van der Waals surface area contributed by atoms with Crippen molar-refractivity contribution in [3.05, 3.63) is 24.3 Å². The minimum atomic E-state index is -3.85. The number of sulfonamides is 1. The third kappa shape index (κ3) is 3.28. The molecule has 8 nitrogen and oxygen atoms in total. The molecule has 2 atom stereocenters. The molecule has 1 aromatic carbocycles. The van der Waals surface area contributed by atoms with Crippen molar-refractivity contribution in [2.24, 2.45) is 16.8 Å². The monoisotopic (exact) mass is 352 g/mol. The molecule has 2 aliphatic heterocycles.